The van der Waals surface area contributed by atoms with E-state index in [0.717, 1.165) is 34.3 Å². The van der Waals surface area contributed by atoms with E-state index >= 15 is 0 Å². The molecule has 0 radical (unpaired) electrons. The Labute approximate surface area is 143 Å². The number of nitrogens with two attached hydrogens (primary N) is 1. The average Bonchev–Trinajstić information content (AvgIpc) is 3.15. The van der Waals surface area contributed by atoms with Gasteiger partial charge in [-0.05, 0) is 37.5 Å². The molecule has 118 valence electrons. The molecule has 4 nitrogen and oxygen atoms in total. The number of benzene rings is 1. The van der Waals surface area contributed by atoms with Crippen molar-refractivity contribution in [1.82, 2.24) is 4.98 Å². The second-order valence-corrected chi connectivity index (χ2v) is 7.95. The van der Waals surface area contributed by atoms with E-state index in [-0.39, 0.29) is 0 Å². The SMILES string of the molecule is NC(=Nc1ccccc1)c1cc2nc(N3CCCCC3)sc2s1. The monoisotopic (exact) mass is 342 g/mol. The summed E-state index contributed by atoms with van der Waals surface area (Å²) < 4.78 is 1.23. The Morgan fingerprint density at radius 1 is 1.09 bits per heavy atom. The maximum atomic E-state index is 6.16. The van der Waals surface area contributed by atoms with E-state index < -0.39 is 0 Å². The van der Waals surface area contributed by atoms with E-state index in [1.165, 1.54) is 23.3 Å². The van der Waals surface area contributed by atoms with E-state index in [1.807, 2.05) is 30.3 Å². The Hall–Kier alpha value is -1.92. The fourth-order valence-corrected chi connectivity index (χ4v) is 4.99. The molecule has 0 spiro atoms. The predicted molar refractivity (Wildman–Crippen MR) is 100 cm³/mol. The van der Waals surface area contributed by atoms with Crippen LogP contribution in [0.5, 0.6) is 0 Å². The zero-order valence-electron chi connectivity index (χ0n) is 12.7. The van der Waals surface area contributed by atoms with Crippen LogP contribution in [0.15, 0.2) is 41.4 Å². The highest BCUT2D eigenvalue weighted by atomic mass is 32.2. The van der Waals surface area contributed by atoms with Crippen LogP contribution < -0.4 is 10.6 Å². The molecule has 1 fully saturated rings. The van der Waals surface area contributed by atoms with Gasteiger partial charge in [0.25, 0.3) is 0 Å². The Kier molecular flexibility index (Phi) is 4.01. The van der Waals surface area contributed by atoms with Gasteiger partial charge in [-0.3, -0.25) is 0 Å². The molecule has 23 heavy (non-hydrogen) atoms. The van der Waals surface area contributed by atoms with Crippen LogP contribution in [-0.4, -0.2) is 23.9 Å². The Bertz CT molecular complexity index is 797. The molecule has 2 N–H and O–H groups in total. The molecule has 1 aliphatic heterocycles. The van der Waals surface area contributed by atoms with Gasteiger partial charge in [0, 0.05) is 13.1 Å². The molecular formula is C17H18N4S2. The fourth-order valence-electron chi connectivity index (χ4n) is 2.77. The van der Waals surface area contributed by atoms with Gasteiger partial charge in [0.1, 0.15) is 9.85 Å². The largest absolute Gasteiger partial charge is 0.383 e. The zero-order valence-corrected chi connectivity index (χ0v) is 14.4. The van der Waals surface area contributed by atoms with E-state index in [2.05, 4.69) is 16.0 Å². The highest BCUT2D eigenvalue weighted by Crippen LogP contribution is 2.36. The third-order valence-corrected chi connectivity index (χ3v) is 6.33. The first-order chi connectivity index (χ1) is 11.3. The second-order valence-electron chi connectivity index (χ2n) is 5.66. The number of fused-ring (bicyclic) bond motifs is 1. The number of hydrogen-bond donors (Lipinski definition) is 1. The van der Waals surface area contributed by atoms with Gasteiger partial charge in [0.05, 0.1) is 16.1 Å². The molecule has 0 unspecified atom stereocenters. The maximum Gasteiger partial charge on any atom is 0.187 e. The predicted octanol–water partition coefficient (Wildman–Crippen LogP) is 4.39. The van der Waals surface area contributed by atoms with Crippen LogP contribution >= 0.6 is 22.7 Å². The van der Waals surface area contributed by atoms with Crippen molar-refractivity contribution in [3.05, 3.63) is 41.3 Å². The number of thiophene rings is 1. The van der Waals surface area contributed by atoms with Gasteiger partial charge in [-0.15, -0.1) is 11.3 Å². The number of nitrogens with zero attached hydrogens (tertiary/aromatic N) is 3. The number of rotatable bonds is 3. The summed E-state index contributed by atoms with van der Waals surface area (Å²) in [5.41, 5.74) is 8.08. The molecule has 0 saturated carbocycles. The van der Waals surface area contributed by atoms with Crippen LogP contribution in [0.25, 0.3) is 9.53 Å². The van der Waals surface area contributed by atoms with Gasteiger partial charge in [0.2, 0.25) is 0 Å². The van der Waals surface area contributed by atoms with E-state index in [0.29, 0.717) is 5.84 Å². The smallest absolute Gasteiger partial charge is 0.187 e. The topological polar surface area (TPSA) is 54.5 Å². The minimum absolute atomic E-state index is 0.561. The van der Waals surface area contributed by atoms with E-state index in [4.69, 9.17) is 10.7 Å². The maximum absolute atomic E-state index is 6.16. The molecule has 4 rings (SSSR count). The van der Waals surface area contributed by atoms with Gasteiger partial charge >= 0.3 is 0 Å². The first-order valence-electron chi connectivity index (χ1n) is 7.84. The van der Waals surface area contributed by atoms with Gasteiger partial charge in [0.15, 0.2) is 5.13 Å². The van der Waals surface area contributed by atoms with E-state index in [1.54, 1.807) is 22.7 Å². The number of thiazole rings is 1. The highest BCUT2D eigenvalue weighted by molar-refractivity contribution is 7.40. The molecule has 2 aromatic heterocycles. The highest BCUT2D eigenvalue weighted by Gasteiger charge is 2.17. The molecule has 3 aromatic rings. The molecule has 1 aliphatic rings. The Morgan fingerprint density at radius 2 is 1.87 bits per heavy atom. The normalized spacial score (nSPS) is 16.2. The fraction of sp³-hybridized carbons (Fsp3) is 0.294. The van der Waals surface area contributed by atoms with Crippen molar-refractivity contribution < 1.29 is 0 Å². The van der Waals surface area contributed by atoms with Gasteiger partial charge in [-0.1, -0.05) is 29.5 Å². The Balaban J connectivity index is 1.60. The molecule has 1 aromatic carbocycles. The lowest BCUT2D eigenvalue weighted by atomic mass is 10.1. The van der Waals surface area contributed by atoms with Crippen molar-refractivity contribution in [1.29, 1.82) is 0 Å². The number of aliphatic imine (C=N–C) groups is 1. The van der Waals surface area contributed by atoms with Crippen LogP contribution in [0.4, 0.5) is 10.8 Å². The number of para-hydroxylation sites is 1. The van der Waals surface area contributed by atoms with Gasteiger partial charge < -0.3 is 10.6 Å². The molecule has 3 heterocycles. The van der Waals surface area contributed by atoms with Crippen molar-refractivity contribution in [3.63, 3.8) is 0 Å². The number of anilines is 1. The van der Waals surface area contributed by atoms with Crippen molar-refractivity contribution in [2.24, 2.45) is 10.7 Å². The summed E-state index contributed by atoms with van der Waals surface area (Å²) in [5, 5.41) is 1.15. The minimum Gasteiger partial charge on any atom is -0.383 e. The summed E-state index contributed by atoms with van der Waals surface area (Å²) in [4.78, 5) is 12.7. The molecule has 0 amide bonds. The first kappa shape index (κ1) is 14.7. The standard InChI is InChI=1S/C17H18N4S2/c18-15(19-12-7-3-1-4-8-12)14-11-13-16(22-14)23-17(20-13)21-9-5-2-6-10-21/h1,3-4,7-8,11H,2,5-6,9-10H2,(H2,18,19). The molecular weight excluding hydrogens is 324 g/mol. The minimum atomic E-state index is 0.561. The summed E-state index contributed by atoms with van der Waals surface area (Å²) in [7, 11) is 0. The lowest BCUT2D eigenvalue weighted by Gasteiger charge is -2.25. The zero-order chi connectivity index (χ0) is 15.6. The molecule has 0 atom stereocenters. The quantitative estimate of drug-likeness (QED) is 0.567. The number of amidine groups is 1. The van der Waals surface area contributed by atoms with Crippen molar-refractivity contribution in [3.8, 4) is 0 Å². The molecule has 0 aliphatic carbocycles. The summed E-state index contributed by atoms with van der Waals surface area (Å²) >= 11 is 3.45. The van der Waals surface area contributed by atoms with Gasteiger partial charge in [-0.2, -0.15) is 0 Å². The lowest BCUT2D eigenvalue weighted by Crippen LogP contribution is -2.29. The van der Waals surface area contributed by atoms with Crippen LogP contribution in [0.1, 0.15) is 24.1 Å². The van der Waals surface area contributed by atoms with Crippen LogP contribution in [0.3, 0.4) is 0 Å². The van der Waals surface area contributed by atoms with Crippen molar-refractivity contribution >= 4 is 48.9 Å². The summed E-state index contributed by atoms with van der Waals surface area (Å²) in [6.07, 6.45) is 3.89. The molecule has 6 heteroatoms. The second kappa shape index (κ2) is 6.29. The van der Waals surface area contributed by atoms with Crippen LogP contribution in [-0.2, 0) is 0 Å². The Morgan fingerprint density at radius 3 is 2.61 bits per heavy atom. The lowest BCUT2D eigenvalue weighted by molar-refractivity contribution is 0.577. The van der Waals surface area contributed by atoms with Crippen molar-refractivity contribution in [2.75, 3.05) is 18.0 Å². The summed E-state index contributed by atoms with van der Waals surface area (Å²) in [6.45, 7) is 2.26. The number of piperidine rings is 1. The summed E-state index contributed by atoms with van der Waals surface area (Å²) in [6, 6.07) is 11.9. The number of hydrogen-bond acceptors (Lipinski definition) is 5. The number of aromatic nitrogens is 1. The third kappa shape index (κ3) is 3.09. The van der Waals surface area contributed by atoms with Crippen molar-refractivity contribution in [2.45, 2.75) is 19.3 Å². The van der Waals surface area contributed by atoms with Gasteiger partial charge in [-0.25, -0.2) is 9.98 Å². The molecule has 0 bridgehead atoms. The third-order valence-electron chi connectivity index (χ3n) is 3.96. The first-order valence-corrected chi connectivity index (χ1v) is 9.48. The average molecular weight is 342 g/mol. The van der Waals surface area contributed by atoms with Crippen LogP contribution in [0.2, 0.25) is 0 Å². The summed E-state index contributed by atoms with van der Waals surface area (Å²) in [5.74, 6) is 0.561. The van der Waals surface area contributed by atoms with Crippen LogP contribution in [0, 0.1) is 0 Å². The molecule has 1 saturated heterocycles. The van der Waals surface area contributed by atoms with E-state index in [9.17, 15) is 0 Å².